The third-order valence-corrected chi connectivity index (χ3v) is 7.98. The van der Waals surface area contributed by atoms with Crippen LogP contribution >= 0.6 is 0 Å². The molecule has 0 aromatic heterocycles. The molecule has 0 bridgehead atoms. The fraction of sp³-hybridized carbons (Fsp3) is 0.654. The molecule has 2 heterocycles. The van der Waals surface area contributed by atoms with Crippen molar-refractivity contribution in [2.75, 3.05) is 19.6 Å². The molecule has 1 aliphatic carbocycles. The molecule has 2 amide bonds. The van der Waals surface area contributed by atoms with Crippen LogP contribution in [0.2, 0.25) is 0 Å². The molecular weight excluding hydrogens is 432 g/mol. The Hall–Kier alpha value is -2.61. The van der Waals surface area contributed by atoms with Gasteiger partial charge in [0.25, 0.3) is 0 Å². The van der Waals surface area contributed by atoms with Gasteiger partial charge in [0.05, 0.1) is 6.10 Å². The minimum Gasteiger partial charge on any atom is -0.409 e. The lowest BCUT2D eigenvalue weighted by Crippen LogP contribution is -2.75. The number of aliphatic hydroxyl groups is 1. The van der Waals surface area contributed by atoms with E-state index >= 15 is 0 Å². The van der Waals surface area contributed by atoms with E-state index in [4.69, 9.17) is 0 Å². The predicted molar refractivity (Wildman–Crippen MR) is 129 cm³/mol. The van der Waals surface area contributed by atoms with Gasteiger partial charge in [-0.15, -0.1) is 0 Å². The van der Waals surface area contributed by atoms with E-state index in [-0.39, 0.29) is 17.7 Å². The van der Waals surface area contributed by atoms with E-state index < -0.39 is 17.7 Å². The Balaban J connectivity index is 1.53. The second-order valence-corrected chi connectivity index (χ2v) is 9.99. The van der Waals surface area contributed by atoms with Crippen LogP contribution in [-0.2, 0) is 9.59 Å². The van der Waals surface area contributed by atoms with Gasteiger partial charge in [-0.3, -0.25) is 9.59 Å². The average Bonchev–Trinajstić information content (AvgIpc) is 2.88. The van der Waals surface area contributed by atoms with E-state index in [1.165, 1.54) is 6.42 Å². The minimum absolute atomic E-state index is 0.0566. The first-order chi connectivity index (χ1) is 16.5. The van der Waals surface area contributed by atoms with Gasteiger partial charge in [-0.25, -0.2) is 0 Å². The maximum absolute atomic E-state index is 13.7. The van der Waals surface area contributed by atoms with Gasteiger partial charge < -0.3 is 25.4 Å². The highest BCUT2D eigenvalue weighted by molar-refractivity contribution is 6.01. The Labute approximate surface area is 202 Å². The summed E-state index contributed by atoms with van der Waals surface area (Å²) < 4.78 is 0. The van der Waals surface area contributed by atoms with Crippen molar-refractivity contribution < 1.29 is 19.9 Å². The summed E-state index contributed by atoms with van der Waals surface area (Å²) >= 11 is 0. The number of benzene rings is 1. The number of aliphatic hydroxyl groups excluding tert-OH is 1. The number of likely N-dealkylation sites (tertiary alicyclic amines) is 1. The van der Waals surface area contributed by atoms with Gasteiger partial charge in [-0.2, -0.15) is 0 Å². The van der Waals surface area contributed by atoms with Crippen LogP contribution in [0.25, 0.3) is 0 Å². The summed E-state index contributed by atoms with van der Waals surface area (Å²) in [5.74, 6) is 0.216. The number of piperidine rings is 1. The third-order valence-electron chi connectivity index (χ3n) is 7.98. The number of hydrogen-bond acceptors (Lipinski definition) is 5. The van der Waals surface area contributed by atoms with Crippen molar-refractivity contribution in [2.24, 2.45) is 11.1 Å². The Morgan fingerprint density at radius 3 is 2.44 bits per heavy atom. The quantitative estimate of drug-likeness (QED) is 0.257. The molecule has 4 rings (SSSR count). The maximum Gasteiger partial charge on any atom is 0.248 e. The van der Waals surface area contributed by atoms with E-state index in [1.54, 1.807) is 4.90 Å². The molecule has 1 spiro atoms. The summed E-state index contributed by atoms with van der Waals surface area (Å²) in [5.41, 5.74) is -0.119. The van der Waals surface area contributed by atoms with E-state index in [0.29, 0.717) is 38.3 Å². The molecular formula is C26H38N4O4. The zero-order valence-electron chi connectivity index (χ0n) is 20.2. The van der Waals surface area contributed by atoms with Gasteiger partial charge in [0.1, 0.15) is 11.6 Å². The number of hydrogen-bond donors (Lipinski definition) is 3. The second kappa shape index (κ2) is 10.8. The first kappa shape index (κ1) is 24.5. The number of piperazine rings is 1. The van der Waals surface area contributed by atoms with Crippen molar-refractivity contribution in [3.05, 3.63) is 35.9 Å². The highest BCUT2D eigenvalue weighted by Crippen LogP contribution is 2.36. The van der Waals surface area contributed by atoms with Crippen molar-refractivity contribution in [3.63, 3.8) is 0 Å². The van der Waals surface area contributed by atoms with Crippen molar-refractivity contribution in [1.82, 2.24) is 15.1 Å². The largest absolute Gasteiger partial charge is 0.409 e. The van der Waals surface area contributed by atoms with E-state index in [9.17, 15) is 19.9 Å². The summed E-state index contributed by atoms with van der Waals surface area (Å²) in [6.45, 7) is 3.57. The molecule has 34 heavy (non-hydrogen) atoms. The smallest absolute Gasteiger partial charge is 0.248 e. The minimum atomic E-state index is -0.928. The number of oxime groups is 1. The fourth-order valence-corrected chi connectivity index (χ4v) is 5.93. The summed E-state index contributed by atoms with van der Waals surface area (Å²) in [6.07, 6.45) is 6.87. The fourth-order valence-electron chi connectivity index (χ4n) is 5.93. The number of amidine groups is 1. The average molecular weight is 471 g/mol. The van der Waals surface area contributed by atoms with Gasteiger partial charge in [0, 0.05) is 25.2 Å². The Kier molecular flexibility index (Phi) is 7.76. The van der Waals surface area contributed by atoms with Crippen LogP contribution < -0.4 is 5.32 Å². The van der Waals surface area contributed by atoms with Gasteiger partial charge >= 0.3 is 0 Å². The third kappa shape index (κ3) is 4.65. The van der Waals surface area contributed by atoms with Crippen LogP contribution in [0.3, 0.4) is 0 Å². The molecule has 0 radical (unpaired) electrons. The van der Waals surface area contributed by atoms with Crippen LogP contribution in [-0.4, -0.2) is 75.1 Å². The van der Waals surface area contributed by atoms with E-state index in [1.807, 2.05) is 35.2 Å². The van der Waals surface area contributed by atoms with Crippen LogP contribution in [0.5, 0.6) is 0 Å². The molecule has 2 saturated heterocycles. The van der Waals surface area contributed by atoms with Crippen molar-refractivity contribution in [2.45, 2.75) is 82.4 Å². The van der Waals surface area contributed by atoms with Gasteiger partial charge in [0.2, 0.25) is 11.8 Å². The maximum atomic E-state index is 13.7. The lowest BCUT2D eigenvalue weighted by atomic mass is 9.77. The summed E-state index contributed by atoms with van der Waals surface area (Å²) in [5, 5.41) is 27.2. The molecule has 1 aromatic rings. The molecule has 3 N–H and O–H groups in total. The molecule has 2 atom stereocenters. The highest BCUT2D eigenvalue weighted by atomic mass is 16.4. The molecule has 3 aliphatic rings. The van der Waals surface area contributed by atoms with E-state index in [0.717, 1.165) is 44.1 Å². The Bertz CT molecular complexity index is 876. The standard InChI is InChI=1S/C26H38N4O4/c1-2-3-16-30-24(32)21(22(31)19-10-6-4-7-11-19)27-25(33)26(30)14-17-29(18-15-26)23(28-34)20-12-8-5-9-13-20/h5,8-9,12-13,19,21-22,31,34H,2-4,6-7,10-11,14-18H2,1H3,(H,27,33)/t21-,22-/m1/s1. The first-order valence-electron chi connectivity index (χ1n) is 12.8. The summed E-state index contributed by atoms with van der Waals surface area (Å²) in [7, 11) is 0. The molecule has 0 unspecified atom stereocenters. The van der Waals surface area contributed by atoms with Crippen LogP contribution in [0.15, 0.2) is 35.5 Å². The molecule has 1 aromatic carbocycles. The van der Waals surface area contributed by atoms with Crippen molar-refractivity contribution in [1.29, 1.82) is 0 Å². The van der Waals surface area contributed by atoms with Gasteiger partial charge in [0.15, 0.2) is 5.84 Å². The number of carbonyl (C=O) groups excluding carboxylic acids is 2. The molecule has 8 nitrogen and oxygen atoms in total. The molecule has 186 valence electrons. The number of rotatable bonds is 6. The predicted octanol–water partition coefficient (Wildman–Crippen LogP) is 2.73. The number of amides is 2. The summed E-state index contributed by atoms with van der Waals surface area (Å²) in [4.78, 5) is 31.0. The van der Waals surface area contributed by atoms with Gasteiger partial charge in [-0.05, 0) is 38.0 Å². The van der Waals surface area contributed by atoms with Crippen LogP contribution in [0.1, 0.15) is 70.3 Å². The highest BCUT2D eigenvalue weighted by Gasteiger charge is 2.55. The number of nitrogens with one attached hydrogen (secondary N) is 1. The lowest BCUT2D eigenvalue weighted by Gasteiger charge is -2.53. The normalized spacial score (nSPS) is 24.9. The zero-order chi connectivity index (χ0) is 24.1. The van der Waals surface area contributed by atoms with Crippen molar-refractivity contribution >= 4 is 17.6 Å². The molecule has 3 fully saturated rings. The monoisotopic (exact) mass is 470 g/mol. The Morgan fingerprint density at radius 1 is 1.15 bits per heavy atom. The van der Waals surface area contributed by atoms with E-state index in [2.05, 4.69) is 17.4 Å². The van der Waals surface area contributed by atoms with Crippen LogP contribution in [0.4, 0.5) is 0 Å². The Morgan fingerprint density at radius 2 is 1.82 bits per heavy atom. The SMILES string of the molecule is CCCCN1C(=O)[C@@H]([C@H](O)C2CCCCC2)NC(=O)C12CCN(C(=NO)c1ccccc1)CC2. The molecule has 2 aliphatic heterocycles. The first-order valence-corrected chi connectivity index (χ1v) is 12.8. The molecule has 1 saturated carbocycles. The lowest BCUT2D eigenvalue weighted by molar-refractivity contribution is -0.165. The molecule has 8 heteroatoms. The van der Waals surface area contributed by atoms with Crippen LogP contribution in [0, 0.1) is 5.92 Å². The second-order valence-electron chi connectivity index (χ2n) is 9.99. The number of unbranched alkanes of at least 4 members (excludes halogenated alkanes) is 1. The number of carbonyl (C=O) groups is 2. The van der Waals surface area contributed by atoms with Crippen molar-refractivity contribution in [3.8, 4) is 0 Å². The van der Waals surface area contributed by atoms with Gasteiger partial charge in [-0.1, -0.05) is 68.1 Å². The zero-order valence-corrected chi connectivity index (χ0v) is 20.2. The number of nitrogens with zero attached hydrogens (tertiary/aromatic N) is 3. The topological polar surface area (TPSA) is 105 Å². The summed E-state index contributed by atoms with van der Waals surface area (Å²) in [6, 6.07) is 8.61.